The molecular formula is C13H20N2O2. The minimum absolute atomic E-state index is 0.0295. The first-order valence-corrected chi connectivity index (χ1v) is 6.48. The summed E-state index contributed by atoms with van der Waals surface area (Å²) in [4.78, 5) is 25.4. The molecule has 94 valence electrons. The van der Waals surface area contributed by atoms with Crippen molar-refractivity contribution in [1.29, 1.82) is 0 Å². The third-order valence-corrected chi connectivity index (χ3v) is 3.51. The van der Waals surface area contributed by atoms with Crippen molar-refractivity contribution in [2.45, 2.75) is 32.1 Å². The molecule has 1 fully saturated rings. The van der Waals surface area contributed by atoms with E-state index in [2.05, 4.69) is 17.5 Å². The molecule has 1 heterocycles. The number of likely N-dealkylation sites (tertiary alicyclic amines) is 1. The van der Waals surface area contributed by atoms with E-state index in [1.54, 1.807) is 0 Å². The van der Waals surface area contributed by atoms with Gasteiger partial charge in [0, 0.05) is 19.0 Å². The molecule has 1 unspecified atom stereocenters. The maximum Gasteiger partial charge on any atom is 0.241 e. The second-order valence-electron chi connectivity index (χ2n) is 4.79. The molecule has 0 radical (unpaired) electrons. The fourth-order valence-electron chi connectivity index (χ4n) is 2.42. The lowest BCUT2D eigenvalue weighted by atomic mass is 9.94. The molecule has 2 aliphatic rings. The van der Waals surface area contributed by atoms with Crippen LogP contribution in [0.3, 0.4) is 0 Å². The minimum Gasteiger partial charge on any atom is -0.347 e. The van der Waals surface area contributed by atoms with E-state index in [4.69, 9.17) is 0 Å². The van der Waals surface area contributed by atoms with Crippen molar-refractivity contribution in [3.05, 3.63) is 12.2 Å². The summed E-state index contributed by atoms with van der Waals surface area (Å²) in [5.74, 6) is 0.149. The number of amides is 2. The van der Waals surface area contributed by atoms with Crippen LogP contribution in [0.1, 0.15) is 32.1 Å². The van der Waals surface area contributed by atoms with Gasteiger partial charge >= 0.3 is 0 Å². The van der Waals surface area contributed by atoms with E-state index in [1.807, 2.05) is 4.90 Å². The molecule has 0 aromatic heterocycles. The zero-order chi connectivity index (χ0) is 12.1. The van der Waals surface area contributed by atoms with Gasteiger partial charge in [0.1, 0.15) is 0 Å². The van der Waals surface area contributed by atoms with Crippen LogP contribution in [0.25, 0.3) is 0 Å². The maximum atomic E-state index is 11.8. The number of hydrogen-bond acceptors (Lipinski definition) is 2. The van der Waals surface area contributed by atoms with Crippen LogP contribution >= 0.6 is 0 Å². The summed E-state index contributed by atoms with van der Waals surface area (Å²) in [6.07, 6.45) is 9.03. The summed E-state index contributed by atoms with van der Waals surface area (Å²) >= 11 is 0. The Morgan fingerprint density at radius 2 is 2.00 bits per heavy atom. The SMILES string of the molecule is O=C(NCC(=O)N1CCCC1)C1CC=CCC1. The van der Waals surface area contributed by atoms with Crippen molar-refractivity contribution in [3.63, 3.8) is 0 Å². The second kappa shape index (κ2) is 5.84. The molecule has 4 heteroatoms. The van der Waals surface area contributed by atoms with Crippen molar-refractivity contribution >= 4 is 11.8 Å². The Hall–Kier alpha value is -1.32. The van der Waals surface area contributed by atoms with Crippen LogP contribution in [0.15, 0.2) is 12.2 Å². The zero-order valence-corrected chi connectivity index (χ0v) is 10.2. The Bertz CT molecular complexity index is 319. The van der Waals surface area contributed by atoms with E-state index >= 15 is 0 Å². The molecule has 1 N–H and O–H groups in total. The fourth-order valence-corrected chi connectivity index (χ4v) is 2.42. The largest absolute Gasteiger partial charge is 0.347 e. The van der Waals surface area contributed by atoms with Gasteiger partial charge in [0.25, 0.3) is 0 Å². The second-order valence-corrected chi connectivity index (χ2v) is 4.79. The minimum atomic E-state index is 0.0295. The zero-order valence-electron chi connectivity index (χ0n) is 10.2. The number of carbonyl (C=O) groups excluding carboxylic acids is 2. The quantitative estimate of drug-likeness (QED) is 0.745. The van der Waals surface area contributed by atoms with Crippen molar-refractivity contribution < 1.29 is 9.59 Å². The van der Waals surface area contributed by atoms with Gasteiger partial charge in [-0.05, 0) is 32.1 Å². The molecule has 1 aliphatic carbocycles. The van der Waals surface area contributed by atoms with Crippen LogP contribution in [0, 0.1) is 5.92 Å². The van der Waals surface area contributed by atoms with Crippen LogP contribution in [0.5, 0.6) is 0 Å². The molecule has 2 rings (SSSR count). The van der Waals surface area contributed by atoms with Crippen molar-refractivity contribution in [2.75, 3.05) is 19.6 Å². The van der Waals surface area contributed by atoms with Gasteiger partial charge in [0.2, 0.25) is 11.8 Å². The predicted molar refractivity (Wildman–Crippen MR) is 65.3 cm³/mol. The summed E-state index contributed by atoms with van der Waals surface area (Å²) < 4.78 is 0. The van der Waals surface area contributed by atoms with Gasteiger partial charge in [0.15, 0.2) is 0 Å². The molecule has 1 aliphatic heterocycles. The van der Waals surface area contributed by atoms with Crippen molar-refractivity contribution in [3.8, 4) is 0 Å². The Morgan fingerprint density at radius 3 is 2.65 bits per heavy atom. The Labute approximate surface area is 102 Å². The van der Waals surface area contributed by atoms with E-state index in [0.29, 0.717) is 0 Å². The lowest BCUT2D eigenvalue weighted by molar-refractivity contribution is -0.133. The summed E-state index contributed by atoms with van der Waals surface area (Å²) in [5.41, 5.74) is 0. The molecule has 17 heavy (non-hydrogen) atoms. The number of allylic oxidation sites excluding steroid dienone is 2. The predicted octanol–water partition coefficient (Wildman–Crippen LogP) is 1.08. The number of nitrogens with zero attached hydrogens (tertiary/aromatic N) is 1. The van der Waals surface area contributed by atoms with Crippen molar-refractivity contribution in [1.82, 2.24) is 10.2 Å². The van der Waals surface area contributed by atoms with Gasteiger partial charge in [-0.25, -0.2) is 0 Å². The van der Waals surface area contributed by atoms with Gasteiger partial charge < -0.3 is 10.2 Å². The summed E-state index contributed by atoms with van der Waals surface area (Å²) in [7, 11) is 0. The molecule has 0 aromatic carbocycles. The summed E-state index contributed by atoms with van der Waals surface area (Å²) in [6.45, 7) is 1.86. The molecular weight excluding hydrogens is 216 g/mol. The first-order valence-electron chi connectivity index (χ1n) is 6.48. The topological polar surface area (TPSA) is 49.4 Å². The molecule has 0 aromatic rings. The van der Waals surface area contributed by atoms with Crippen LogP contribution in [-0.2, 0) is 9.59 Å². The highest BCUT2D eigenvalue weighted by atomic mass is 16.2. The van der Waals surface area contributed by atoms with Gasteiger partial charge in [-0.3, -0.25) is 9.59 Å². The van der Waals surface area contributed by atoms with Gasteiger partial charge in [-0.15, -0.1) is 0 Å². The highest BCUT2D eigenvalue weighted by Crippen LogP contribution is 2.17. The molecule has 2 amide bonds. The Kier molecular flexibility index (Phi) is 4.18. The first kappa shape index (κ1) is 12.1. The monoisotopic (exact) mass is 236 g/mol. The molecule has 0 spiro atoms. The Morgan fingerprint density at radius 1 is 1.24 bits per heavy atom. The third kappa shape index (κ3) is 3.32. The molecule has 0 bridgehead atoms. The van der Waals surface area contributed by atoms with Gasteiger partial charge in [0.05, 0.1) is 6.54 Å². The third-order valence-electron chi connectivity index (χ3n) is 3.51. The van der Waals surface area contributed by atoms with E-state index in [-0.39, 0.29) is 24.3 Å². The number of rotatable bonds is 3. The first-order chi connectivity index (χ1) is 8.27. The van der Waals surface area contributed by atoms with Gasteiger partial charge in [-0.2, -0.15) is 0 Å². The highest BCUT2D eigenvalue weighted by Gasteiger charge is 2.21. The lowest BCUT2D eigenvalue weighted by Crippen LogP contribution is -2.41. The molecule has 0 saturated carbocycles. The average molecular weight is 236 g/mol. The summed E-state index contributed by atoms with van der Waals surface area (Å²) in [6, 6.07) is 0. The highest BCUT2D eigenvalue weighted by molar-refractivity contribution is 5.86. The van der Waals surface area contributed by atoms with Crippen LogP contribution in [-0.4, -0.2) is 36.3 Å². The average Bonchev–Trinajstić information content (AvgIpc) is 2.90. The van der Waals surface area contributed by atoms with Crippen molar-refractivity contribution in [2.24, 2.45) is 5.92 Å². The van der Waals surface area contributed by atoms with E-state index in [9.17, 15) is 9.59 Å². The maximum absolute atomic E-state index is 11.8. The summed E-state index contributed by atoms with van der Waals surface area (Å²) in [5, 5.41) is 2.76. The standard InChI is InChI=1S/C13H20N2O2/c16-12(15-8-4-5-9-15)10-14-13(17)11-6-2-1-3-7-11/h1-2,11H,3-10H2,(H,14,17). The number of nitrogens with one attached hydrogen (secondary N) is 1. The van der Waals surface area contributed by atoms with Crippen LogP contribution in [0.4, 0.5) is 0 Å². The molecule has 1 saturated heterocycles. The smallest absolute Gasteiger partial charge is 0.241 e. The number of hydrogen-bond donors (Lipinski definition) is 1. The normalized spacial score (nSPS) is 23.8. The molecule has 1 atom stereocenters. The van der Waals surface area contributed by atoms with Crippen LogP contribution in [0.2, 0.25) is 0 Å². The van der Waals surface area contributed by atoms with E-state index in [0.717, 1.165) is 45.2 Å². The fraction of sp³-hybridized carbons (Fsp3) is 0.692. The Balaban J connectivity index is 1.71. The van der Waals surface area contributed by atoms with Gasteiger partial charge in [-0.1, -0.05) is 12.2 Å². The van der Waals surface area contributed by atoms with E-state index in [1.165, 1.54) is 0 Å². The number of carbonyl (C=O) groups is 2. The lowest BCUT2D eigenvalue weighted by Gasteiger charge is -2.19. The molecule has 4 nitrogen and oxygen atoms in total. The van der Waals surface area contributed by atoms with E-state index < -0.39 is 0 Å². The van der Waals surface area contributed by atoms with Crippen LogP contribution < -0.4 is 5.32 Å².